The normalized spacial score (nSPS) is 26.3. The predicted molar refractivity (Wildman–Crippen MR) is 108 cm³/mol. The number of rotatable bonds is 2. The average Bonchev–Trinajstić information content (AvgIpc) is 3.00. The van der Waals surface area contributed by atoms with Crippen molar-refractivity contribution >= 4 is 28.6 Å². The van der Waals surface area contributed by atoms with Gasteiger partial charge in [0.25, 0.3) is 0 Å². The van der Waals surface area contributed by atoms with E-state index in [9.17, 15) is 19.5 Å². The Labute approximate surface area is 169 Å². The number of aliphatic hydroxyl groups is 1. The van der Waals surface area contributed by atoms with Crippen LogP contribution < -0.4 is 0 Å². The summed E-state index contributed by atoms with van der Waals surface area (Å²) < 4.78 is 6.99. The average molecular weight is 397 g/mol. The van der Waals surface area contributed by atoms with Crippen LogP contribution in [-0.2, 0) is 26.2 Å². The van der Waals surface area contributed by atoms with Gasteiger partial charge in [-0.1, -0.05) is 32.9 Å². The fourth-order valence-corrected chi connectivity index (χ4v) is 4.89. The number of Topliss-reactive ketones (excluding diaryl/α,β-unsaturated/α-hetero) is 1. The molecular formula is C23H27NO5. The minimum Gasteiger partial charge on any atom is -0.465 e. The number of fused-ring (bicyclic) bond motifs is 3. The van der Waals surface area contributed by atoms with E-state index in [0.29, 0.717) is 23.9 Å². The summed E-state index contributed by atoms with van der Waals surface area (Å²) in [5, 5.41) is 11.3. The number of esters is 1. The molecule has 0 spiro atoms. The zero-order chi connectivity index (χ0) is 21.1. The second-order valence-electron chi connectivity index (χ2n) is 9.19. The third-order valence-corrected chi connectivity index (χ3v) is 6.33. The first-order chi connectivity index (χ1) is 13.6. The fraction of sp³-hybridized carbons (Fsp3) is 0.522. The molecule has 0 unspecified atom stereocenters. The molecule has 0 aliphatic heterocycles. The van der Waals surface area contributed by atoms with E-state index < -0.39 is 28.8 Å². The monoisotopic (exact) mass is 397 g/mol. The van der Waals surface area contributed by atoms with E-state index in [2.05, 4.69) is 0 Å². The lowest BCUT2D eigenvalue weighted by Gasteiger charge is -2.38. The van der Waals surface area contributed by atoms with Crippen molar-refractivity contribution in [1.29, 1.82) is 0 Å². The highest BCUT2D eigenvalue weighted by Gasteiger charge is 2.57. The zero-order valence-corrected chi connectivity index (χ0v) is 17.3. The molecule has 1 fully saturated rings. The Morgan fingerprint density at radius 1 is 1.31 bits per heavy atom. The maximum Gasteiger partial charge on any atom is 0.324 e. The van der Waals surface area contributed by atoms with E-state index in [1.54, 1.807) is 29.8 Å². The van der Waals surface area contributed by atoms with Crippen molar-refractivity contribution in [3.05, 3.63) is 35.5 Å². The summed E-state index contributed by atoms with van der Waals surface area (Å²) >= 11 is 0. The summed E-state index contributed by atoms with van der Waals surface area (Å²) in [5.41, 5.74) is 0.0903. The standard InChI is InChI=1S/C23H27NO5/c1-5-29-21(28)23-10-9-17(25)14(19(23)26)11-13-12-24(20(27)22(2,3)4)16-8-6-7-15(23)18(13)16/h6-8,12,14,17,25H,5,9-11H2,1-4H3/t14-,17-,23+/m0/s1. The lowest BCUT2D eigenvalue weighted by atomic mass is 9.64. The number of hydrogen-bond donors (Lipinski definition) is 1. The Hall–Kier alpha value is -2.47. The molecular weight excluding hydrogens is 370 g/mol. The number of aromatic nitrogens is 1. The topological polar surface area (TPSA) is 85.6 Å². The molecule has 2 aliphatic carbocycles. The van der Waals surface area contributed by atoms with Crippen LogP contribution in [0.2, 0.25) is 0 Å². The van der Waals surface area contributed by atoms with E-state index >= 15 is 0 Å². The van der Waals surface area contributed by atoms with E-state index in [1.807, 2.05) is 26.8 Å². The molecule has 2 aromatic rings. The van der Waals surface area contributed by atoms with Crippen molar-refractivity contribution < 1.29 is 24.2 Å². The van der Waals surface area contributed by atoms with Gasteiger partial charge in [0, 0.05) is 22.9 Å². The molecule has 0 saturated heterocycles. The zero-order valence-electron chi connectivity index (χ0n) is 17.3. The Balaban J connectivity index is 2.05. The van der Waals surface area contributed by atoms with Crippen LogP contribution in [0.4, 0.5) is 0 Å². The van der Waals surface area contributed by atoms with Gasteiger partial charge in [-0.2, -0.15) is 0 Å². The van der Waals surface area contributed by atoms with Gasteiger partial charge in [-0.3, -0.25) is 19.0 Å². The highest BCUT2D eigenvalue weighted by atomic mass is 16.5. The number of hydrogen-bond acceptors (Lipinski definition) is 5. The minimum absolute atomic E-state index is 0.0614. The highest BCUT2D eigenvalue weighted by Crippen LogP contribution is 2.48. The third-order valence-electron chi connectivity index (χ3n) is 6.33. The van der Waals surface area contributed by atoms with Crippen LogP contribution in [-0.4, -0.2) is 40.0 Å². The third kappa shape index (κ3) is 2.69. The summed E-state index contributed by atoms with van der Waals surface area (Å²) in [6.07, 6.45) is 1.84. The van der Waals surface area contributed by atoms with Crippen molar-refractivity contribution in [2.75, 3.05) is 6.61 Å². The van der Waals surface area contributed by atoms with E-state index in [4.69, 9.17) is 4.74 Å². The van der Waals surface area contributed by atoms with Crippen LogP contribution in [0.15, 0.2) is 24.4 Å². The van der Waals surface area contributed by atoms with E-state index in [1.165, 1.54) is 0 Å². The first-order valence-electron chi connectivity index (χ1n) is 10.2. The van der Waals surface area contributed by atoms with Gasteiger partial charge >= 0.3 is 5.97 Å². The van der Waals surface area contributed by atoms with Crippen LogP contribution in [0.25, 0.3) is 10.9 Å². The molecule has 6 heteroatoms. The van der Waals surface area contributed by atoms with Crippen LogP contribution in [0.3, 0.4) is 0 Å². The Morgan fingerprint density at radius 2 is 2.03 bits per heavy atom. The van der Waals surface area contributed by atoms with Crippen molar-refractivity contribution in [3.8, 4) is 0 Å². The number of benzene rings is 1. The number of ether oxygens (including phenoxy) is 1. The summed E-state index contributed by atoms with van der Waals surface area (Å²) in [5.74, 6) is -1.58. The van der Waals surface area contributed by atoms with Gasteiger partial charge in [0.1, 0.15) is 0 Å². The predicted octanol–water partition coefficient (Wildman–Crippen LogP) is 3.02. The van der Waals surface area contributed by atoms with E-state index in [0.717, 1.165) is 10.9 Å². The lowest BCUT2D eigenvalue weighted by molar-refractivity contribution is -0.159. The van der Waals surface area contributed by atoms with Crippen molar-refractivity contribution in [1.82, 2.24) is 4.57 Å². The molecule has 0 amide bonds. The van der Waals surface area contributed by atoms with Crippen LogP contribution in [0.5, 0.6) is 0 Å². The largest absolute Gasteiger partial charge is 0.465 e. The lowest BCUT2D eigenvalue weighted by Crippen LogP contribution is -2.54. The first kappa shape index (κ1) is 19.8. The number of carbonyl (C=O) groups excluding carboxylic acids is 3. The van der Waals surface area contributed by atoms with Gasteiger partial charge in [-0.15, -0.1) is 0 Å². The summed E-state index contributed by atoms with van der Waals surface area (Å²) in [6.45, 7) is 7.47. The van der Waals surface area contributed by atoms with Gasteiger partial charge in [-0.25, -0.2) is 0 Å². The smallest absolute Gasteiger partial charge is 0.324 e. The molecule has 2 bridgehead atoms. The molecule has 1 N–H and O–H groups in total. The summed E-state index contributed by atoms with van der Waals surface area (Å²) in [6, 6.07) is 5.43. The van der Waals surface area contributed by atoms with Gasteiger partial charge in [0.05, 0.1) is 18.2 Å². The van der Waals surface area contributed by atoms with Gasteiger partial charge in [0.15, 0.2) is 11.2 Å². The molecule has 1 heterocycles. The summed E-state index contributed by atoms with van der Waals surface area (Å²) in [4.78, 5) is 39.8. The minimum atomic E-state index is -1.43. The first-order valence-corrected chi connectivity index (χ1v) is 10.2. The second kappa shape index (κ2) is 6.52. The second-order valence-corrected chi connectivity index (χ2v) is 9.19. The quantitative estimate of drug-likeness (QED) is 0.622. The SMILES string of the molecule is CCOC(=O)[C@]12CC[C@H](O)[C@H](Cc3cn(C(=O)C(C)(C)C)c4cccc1c34)C2=O. The van der Waals surface area contributed by atoms with Gasteiger partial charge < -0.3 is 9.84 Å². The van der Waals surface area contributed by atoms with Crippen LogP contribution in [0, 0.1) is 11.3 Å². The fourth-order valence-electron chi connectivity index (χ4n) is 4.89. The molecule has 154 valence electrons. The number of ketones is 1. The van der Waals surface area contributed by atoms with Crippen LogP contribution >= 0.6 is 0 Å². The molecule has 3 atom stereocenters. The molecule has 0 radical (unpaired) electrons. The van der Waals surface area contributed by atoms with Gasteiger partial charge in [-0.05, 0) is 43.4 Å². The molecule has 1 aromatic carbocycles. The Bertz CT molecular complexity index is 1030. The van der Waals surface area contributed by atoms with Crippen LogP contribution in [0.1, 0.15) is 56.5 Å². The molecule has 29 heavy (non-hydrogen) atoms. The van der Waals surface area contributed by atoms with Gasteiger partial charge in [0.2, 0.25) is 5.91 Å². The van der Waals surface area contributed by atoms with E-state index in [-0.39, 0.29) is 24.7 Å². The molecule has 2 aliphatic rings. The number of carbonyl (C=O) groups is 3. The highest BCUT2D eigenvalue weighted by molar-refractivity contribution is 6.16. The number of aliphatic hydroxyl groups excluding tert-OH is 1. The number of nitrogens with zero attached hydrogens (tertiary/aromatic N) is 1. The molecule has 1 aromatic heterocycles. The molecule has 1 saturated carbocycles. The summed E-state index contributed by atoms with van der Waals surface area (Å²) in [7, 11) is 0. The van der Waals surface area contributed by atoms with Crippen molar-refractivity contribution in [2.45, 2.75) is 58.5 Å². The van der Waals surface area contributed by atoms with Crippen molar-refractivity contribution in [2.24, 2.45) is 11.3 Å². The Morgan fingerprint density at radius 3 is 2.69 bits per heavy atom. The Kier molecular flexibility index (Phi) is 4.46. The maximum absolute atomic E-state index is 13.5. The van der Waals surface area contributed by atoms with Crippen molar-refractivity contribution in [3.63, 3.8) is 0 Å². The molecule has 4 rings (SSSR count). The maximum atomic E-state index is 13.5. The molecule has 6 nitrogen and oxygen atoms in total.